The van der Waals surface area contributed by atoms with E-state index in [9.17, 15) is 0 Å². The van der Waals surface area contributed by atoms with Crippen LogP contribution in [0.2, 0.25) is 0 Å². The number of rotatable bonds is 5. The summed E-state index contributed by atoms with van der Waals surface area (Å²) in [5, 5.41) is 4.97. The van der Waals surface area contributed by atoms with Crippen molar-refractivity contribution in [3.63, 3.8) is 0 Å². The molecule has 5 nitrogen and oxygen atoms in total. The molecular formula is C14H16N4OS. The van der Waals surface area contributed by atoms with Gasteiger partial charge in [0.2, 0.25) is 5.89 Å². The number of anilines is 1. The minimum Gasteiger partial charge on any atom is -0.343 e. The van der Waals surface area contributed by atoms with Crippen LogP contribution in [0.15, 0.2) is 28.8 Å². The van der Waals surface area contributed by atoms with Crippen LogP contribution in [-0.4, -0.2) is 22.2 Å². The SMILES string of the molecule is CCCc1nc(CN(C)c2nc3ccccc3s2)no1. The summed E-state index contributed by atoms with van der Waals surface area (Å²) in [6.45, 7) is 2.70. The summed E-state index contributed by atoms with van der Waals surface area (Å²) in [4.78, 5) is 11.0. The van der Waals surface area contributed by atoms with Crippen LogP contribution in [0.3, 0.4) is 0 Å². The molecule has 0 fully saturated rings. The van der Waals surface area contributed by atoms with Crippen molar-refractivity contribution >= 4 is 26.7 Å². The Balaban J connectivity index is 1.75. The molecule has 6 heteroatoms. The van der Waals surface area contributed by atoms with Crippen LogP contribution in [0.25, 0.3) is 10.2 Å². The second-order valence-corrected chi connectivity index (χ2v) is 5.68. The van der Waals surface area contributed by atoms with E-state index < -0.39 is 0 Å². The van der Waals surface area contributed by atoms with Crippen LogP contribution in [-0.2, 0) is 13.0 Å². The molecule has 3 rings (SSSR count). The molecule has 20 heavy (non-hydrogen) atoms. The number of hydrogen-bond donors (Lipinski definition) is 0. The van der Waals surface area contributed by atoms with Gasteiger partial charge in [0.15, 0.2) is 11.0 Å². The zero-order valence-corrected chi connectivity index (χ0v) is 12.4. The Hall–Kier alpha value is -1.95. The van der Waals surface area contributed by atoms with Crippen molar-refractivity contribution in [2.24, 2.45) is 0 Å². The average Bonchev–Trinajstić information content (AvgIpc) is 3.05. The van der Waals surface area contributed by atoms with E-state index in [1.807, 2.05) is 30.1 Å². The molecule has 0 N–H and O–H groups in total. The zero-order chi connectivity index (χ0) is 13.9. The summed E-state index contributed by atoms with van der Waals surface area (Å²) in [6, 6.07) is 8.14. The lowest BCUT2D eigenvalue weighted by Gasteiger charge is -2.12. The van der Waals surface area contributed by atoms with Gasteiger partial charge in [-0.2, -0.15) is 4.98 Å². The van der Waals surface area contributed by atoms with Crippen LogP contribution < -0.4 is 4.90 Å². The number of aromatic nitrogens is 3. The molecule has 0 aliphatic rings. The smallest absolute Gasteiger partial charge is 0.226 e. The molecule has 0 radical (unpaired) electrons. The maximum Gasteiger partial charge on any atom is 0.226 e. The van der Waals surface area contributed by atoms with Gasteiger partial charge < -0.3 is 9.42 Å². The minimum atomic E-state index is 0.604. The van der Waals surface area contributed by atoms with E-state index in [-0.39, 0.29) is 0 Å². The first-order valence-electron chi connectivity index (χ1n) is 6.64. The predicted octanol–water partition coefficient (Wildman–Crippen LogP) is 3.27. The third kappa shape index (κ3) is 2.65. The molecule has 0 amide bonds. The zero-order valence-electron chi connectivity index (χ0n) is 11.5. The maximum absolute atomic E-state index is 5.20. The molecule has 0 saturated carbocycles. The van der Waals surface area contributed by atoms with Crippen molar-refractivity contribution < 1.29 is 4.52 Å². The fourth-order valence-electron chi connectivity index (χ4n) is 1.97. The van der Waals surface area contributed by atoms with E-state index in [4.69, 9.17) is 4.52 Å². The number of thiazole rings is 1. The lowest BCUT2D eigenvalue weighted by atomic mass is 10.3. The second kappa shape index (κ2) is 5.58. The molecule has 3 aromatic rings. The van der Waals surface area contributed by atoms with Crippen molar-refractivity contribution in [3.05, 3.63) is 36.0 Å². The summed E-state index contributed by atoms with van der Waals surface area (Å²) in [5.41, 5.74) is 1.03. The van der Waals surface area contributed by atoms with Crippen LogP contribution in [0.1, 0.15) is 25.1 Å². The summed E-state index contributed by atoms with van der Waals surface area (Å²) in [6.07, 6.45) is 1.84. The van der Waals surface area contributed by atoms with Gasteiger partial charge in [-0.1, -0.05) is 35.5 Å². The van der Waals surface area contributed by atoms with Crippen LogP contribution in [0.5, 0.6) is 0 Å². The highest BCUT2D eigenvalue weighted by atomic mass is 32.1. The molecule has 0 spiro atoms. The molecule has 0 atom stereocenters. The number of aryl methyl sites for hydroxylation is 1. The second-order valence-electron chi connectivity index (χ2n) is 4.67. The van der Waals surface area contributed by atoms with Gasteiger partial charge in [0.1, 0.15) is 0 Å². The highest BCUT2D eigenvalue weighted by Crippen LogP contribution is 2.28. The van der Waals surface area contributed by atoms with Gasteiger partial charge >= 0.3 is 0 Å². The number of para-hydroxylation sites is 1. The maximum atomic E-state index is 5.20. The van der Waals surface area contributed by atoms with Gasteiger partial charge in [-0.05, 0) is 18.6 Å². The molecule has 1 aromatic carbocycles. The van der Waals surface area contributed by atoms with E-state index in [2.05, 4.69) is 28.1 Å². The Bertz CT molecular complexity index is 673. The number of benzene rings is 1. The van der Waals surface area contributed by atoms with E-state index in [0.29, 0.717) is 18.3 Å². The first-order valence-corrected chi connectivity index (χ1v) is 7.46. The average molecular weight is 288 g/mol. The first kappa shape index (κ1) is 13.1. The van der Waals surface area contributed by atoms with Crippen molar-refractivity contribution in [1.29, 1.82) is 0 Å². The molecule has 2 heterocycles. The fraction of sp³-hybridized carbons (Fsp3) is 0.357. The fourth-order valence-corrected chi connectivity index (χ4v) is 2.90. The summed E-state index contributed by atoms with van der Waals surface area (Å²) in [7, 11) is 1.99. The molecule has 0 bridgehead atoms. The largest absolute Gasteiger partial charge is 0.343 e. The van der Waals surface area contributed by atoms with Gasteiger partial charge in [0.05, 0.1) is 16.8 Å². The standard InChI is InChI=1S/C14H16N4OS/c1-3-6-13-16-12(17-19-13)9-18(2)14-15-10-7-4-5-8-11(10)20-14/h4-5,7-8H,3,6,9H2,1-2H3. The normalized spacial score (nSPS) is 11.1. The third-order valence-corrected chi connectivity index (χ3v) is 4.11. The lowest BCUT2D eigenvalue weighted by Crippen LogP contribution is -2.17. The third-order valence-electron chi connectivity index (χ3n) is 2.96. The summed E-state index contributed by atoms with van der Waals surface area (Å²) in [5.74, 6) is 1.41. The molecule has 0 aliphatic heterocycles. The molecule has 2 aromatic heterocycles. The van der Waals surface area contributed by atoms with Gasteiger partial charge in [-0.3, -0.25) is 0 Å². The molecule has 0 unspecified atom stereocenters. The van der Waals surface area contributed by atoms with E-state index in [1.165, 1.54) is 4.70 Å². The quantitative estimate of drug-likeness (QED) is 0.721. The molecular weight excluding hydrogens is 272 g/mol. The van der Waals surface area contributed by atoms with Crippen molar-refractivity contribution in [2.75, 3.05) is 11.9 Å². The molecule has 0 saturated heterocycles. The van der Waals surface area contributed by atoms with Gasteiger partial charge in [0.25, 0.3) is 0 Å². The monoisotopic (exact) mass is 288 g/mol. The number of hydrogen-bond acceptors (Lipinski definition) is 6. The van der Waals surface area contributed by atoms with E-state index >= 15 is 0 Å². The molecule has 104 valence electrons. The van der Waals surface area contributed by atoms with Gasteiger partial charge in [-0.15, -0.1) is 0 Å². The predicted molar refractivity (Wildman–Crippen MR) is 80.0 cm³/mol. The van der Waals surface area contributed by atoms with E-state index in [1.54, 1.807) is 11.3 Å². The van der Waals surface area contributed by atoms with Crippen molar-refractivity contribution in [3.8, 4) is 0 Å². The number of fused-ring (bicyclic) bond motifs is 1. The Morgan fingerprint density at radius 1 is 1.25 bits per heavy atom. The highest BCUT2D eigenvalue weighted by molar-refractivity contribution is 7.22. The van der Waals surface area contributed by atoms with Crippen molar-refractivity contribution in [1.82, 2.24) is 15.1 Å². The Kier molecular flexibility index (Phi) is 3.64. The van der Waals surface area contributed by atoms with Crippen LogP contribution >= 0.6 is 11.3 Å². The Labute approximate surface area is 121 Å². The van der Waals surface area contributed by atoms with Gasteiger partial charge in [-0.25, -0.2) is 4.98 Å². The van der Waals surface area contributed by atoms with Crippen LogP contribution in [0, 0.1) is 0 Å². The van der Waals surface area contributed by atoms with E-state index in [0.717, 1.165) is 23.5 Å². The Morgan fingerprint density at radius 3 is 2.90 bits per heavy atom. The van der Waals surface area contributed by atoms with Gasteiger partial charge in [0, 0.05) is 13.5 Å². The summed E-state index contributed by atoms with van der Waals surface area (Å²) >= 11 is 1.67. The molecule has 0 aliphatic carbocycles. The van der Waals surface area contributed by atoms with Crippen molar-refractivity contribution in [2.45, 2.75) is 26.3 Å². The van der Waals surface area contributed by atoms with Crippen LogP contribution in [0.4, 0.5) is 5.13 Å². The lowest BCUT2D eigenvalue weighted by molar-refractivity contribution is 0.372. The summed E-state index contributed by atoms with van der Waals surface area (Å²) < 4.78 is 6.38. The Morgan fingerprint density at radius 2 is 2.10 bits per heavy atom. The number of nitrogens with zero attached hydrogens (tertiary/aromatic N) is 4. The first-order chi connectivity index (χ1) is 9.76. The minimum absolute atomic E-state index is 0.604. The topological polar surface area (TPSA) is 55.1 Å². The highest BCUT2D eigenvalue weighted by Gasteiger charge is 2.12.